The molecule has 6 nitrogen and oxygen atoms in total. The highest BCUT2D eigenvalue weighted by Gasteiger charge is 2.76. The Bertz CT molecular complexity index is 683. The summed E-state index contributed by atoms with van der Waals surface area (Å²) in [5.74, 6) is -16.5. The molecule has 2 N–H and O–H groups in total. The van der Waals surface area contributed by atoms with Crippen LogP contribution in [0.25, 0.3) is 0 Å². The first-order valence-electron chi connectivity index (χ1n) is 7.07. The molecule has 0 aromatic carbocycles. The molecule has 0 aliphatic rings. The minimum absolute atomic E-state index is 0.0000272. The molecule has 148 valence electrons. The Hall–Kier alpha value is -2.34. The molecule has 13 heteroatoms. The molecule has 0 aliphatic heterocycles. The van der Waals surface area contributed by atoms with Gasteiger partial charge < -0.3 is 10.6 Å². The molecular formula is C13H15F7N4O2. The van der Waals surface area contributed by atoms with Crippen LogP contribution in [0, 0.1) is 5.92 Å². The summed E-state index contributed by atoms with van der Waals surface area (Å²) in [4.78, 5) is 23.4. The molecule has 1 rings (SSSR count). The zero-order valence-electron chi connectivity index (χ0n) is 13.7. The number of halogens is 7. The fourth-order valence-electron chi connectivity index (χ4n) is 1.70. The van der Waals surface area contributed by atoms with E-state index in [1.165, 1.54) is 12.4 Å². The number of anilines is 1. The maximum atomic E-state index is 13.4. The van der Waals surface area contributed by atoms with E-state index in [2.05, 4.69) is 10.4 Å². The Kier molecular flexibility index (Phi) is 5.94. The third kappa shape index (κ3) is 4.07. The monoisotopic (exact) mass is 392 g/mol. The highest BCUT2D eigenvalue weighted by Crippen LogP contribution is 2.46. The Labute approximate surface area is 142 Å². The molecule has 0 bridgehead atoms. The van der Waals surface area contributed by atoms with Crippen LogP contribution in [-0.4, -0.2) is 46.2 Å². The van der Waals surface area contributed by atoms with Crippen LogP contribution >= 0.6 is 0 Å². The lowest BCUT2D eigenvalue weighted by Gasteiger charge is -2.26. The van der Waals surface area contributed by atoms with Crippen LogP contribution in [0.1, 0.15) is 24.3 Å². The van der Waals surface area contributed by atoms with Gasteiger partial charge in [-0.1, -0.05) is 13.8 Å². The van der Waals surface area contributed by atoms with Gasteiger partial charge in [-0.2, -0.15) is 35.8 Å². The van der Waals surface area contributed by atoms with E-state index in [1.807, 2.05) is 0 Å². The van der Waals surface area contributed by atoms with Crippen LogP contribution < -0.4 is 10.6 Å². The first-order chi connectivity index (χ1) is 11.6. The third-order valence-corrected chi connectivity index (χ3v) is 3.11. The standard InChI is InChI=1S/C13H15F7N4O2/c1-6(2)4-21-9(25)8-7(5-22-24(8)3)23-10(26)11(14,15)12(16,17)13(18,19)20/h5-6H,4H2,1-3H3,(H,21,25)(H,23,26). The molecule has 1 aromatic rings. The number of hydrogen-bond donors (Lipinski definition) is 2. The van der Waals surface area contributed by atoms with Crippen molar-refractivity contribution in [3.63, 3.8) is 0 Å². The van der Waals surface area contributed by atoms with Crippen LogP contribution in [0.15, 0.2) is 6.20 Å². The predicted octanol–water partition coefficient (Wildman–Crippen LogP) is 2.58. The van der Waals surface area contributed by atoms with Crippen LogP contribution in [-0.2, 0) is 11.8 Å². The van der Waals surface area contributed by atoms with Gasteiger partial charge in [-0.25, -0.2) is 0 Å². The van der Waals surface area contributed by atoms with Gasteiger partial charge in [0.15, 0.2) is 0 Å². The molecular weight excluding hydrogens is 377 g/mol. The average molecular weight is 392 g/mol. The van der Waals surface area contributed by atoms with Gasteiger partial charge in [-0.3, -0.25) is 14.3 Å². The number of amides is 2. The highest BCUT2D eigenvalue weighted by molar-refractivity contribution is 6.04. The quantitative estimate of drug-likeness (QED) is 0.731. The maximum absolute atomic E-state index is 13.4. The number of hydrogen-bond acceptors (Lipinski definition) is 3. The summed E-state index contributed by atoms with van der Waals surface area (Å²) in [6, 6.07) is 0. The maximum Gasteiger partial charge on any atom is 0.460 e. The molecule has 0 aliphatic carbocycles. The van der Waals surface area contributed by atoms with Crippen molar-refractivity contribution >= 4 is 17.5 Å². The number of carbonyl (C=O) groups excluding carboxylic acids is 2. The van der Waals surface area contributed by atoms with E-state index in [1.54, 1.807) is 13.8 Å². The second-order valence-corrected chi connectivity index (χ2v) is 5.73. The van der Waals surface area contributed by atoms with Gasteiger partial charge in [0.1, 0.15) is 5.69 Å². The number of nitrogens with zero attached hydrogens (tertiary/aromatic N) is 2. The van der Waals surface area contributed by atoms with Gasteiger partial charge in [0.25, 0.3) is 5.91 Å². The van der Waals surface area contributed by atoms with E-state index < -0.39 is 41.2 Å². The molecule has 1 aromatic heterocycles. The Morgan fingerprint density at radius 2 is 1.69 bits per heavy atom. The lowest BCUT2D eigenvalue weighted by Crippen LogP contribution is -2.57. The van der Waals surface area contributed by atoms with Gasteiger partial charge in [-0.15, -0.1) is 0 Å². The smallest absolute Gasteiger partial charge is 0.350 e. The number of alkyl halides is 7. The van der Waals surface area contributed by atoms with E-state index in [0.717, 1.165) is 4.68 Å². The van der Waals surface area contributed by atoms with Gasteiger partial charge in [0.05, 0.1) is 11.9 Å². The summed E-state index contributed by atoms with van der Waals surface area (Å²) in [7, 11) is 1.18. The lowest BCUT2D eigenvalue weighted by atomic mass is 10.1. The minimum atomic E-state index is -6.65. The van der Waals surface area contributed by atoms with E-state index >= 15 is 0 Å². The summed E-state index contributed by atoms with van der Waals surface area (Å²) in [6.07, 6.45) is -5.98. The summed E-state index contributed by atoms with van der Waals surface area (Å²) in [5, 5.41) is 7.07. The number of rotatable bonds is 6. The third-order valence-electron chi connectivity index (χ3n) is 3.11. The Balaban J connectivity index is 3.10. The van der Waals surface area contributed by atoms with E-state index in [4.69, 9.17) is 0 Å². The van der Waals surface area contributed by atoms with Crippen molar-refractivity contribution < 1.29 is 40.3 Å². The SMILES string of the molecule is CC(C)CNC(=O)c1c(NC(=O)C(F)(F)C(F)(F)C(F)(F)F)cnn1C. The minimum Gasteiger partial charge on any atom is -0.350 e. The van der Waals surface area contributed by atoms with Crippen LogP contribution in [0.3, 0.4) is 0 Å². The van der Waals surface area contributed by atoms with Crippen molar-refractivity contribution in [1.29, 1.82) is 0 Å². The van der Waals surface area contributed by atoms with Gasteiger partial charge in [-0.05, 0) is 5.92 Å². The summed E-state index contributed by atoms with van der Waals surface area (Å²) >= 11 is 0. The molecule has 0 radical (unpaired) electrons. The molecule has 0 unspecified atom stereocenters. The second-order valence-electron chi connectivity index (χ2n) is 5.73. The highest BCUT2D eigenvalue weighted by atomic mass is 19.4. The molecule has 2 amide bonds. The van der Waals surface area contributed by atoms with Crippen molar-refractivity contribution in [2.45, 2.75) is 31.9 Å². The summed E-state index contributed by atoms with van der Waals surface area (Å²) in [6.45, 7) is 3.64. The van der Waals surface area contributed by atoms with Crippen molar-refractivity contribution in [3.05, 3.63) is 11.9 Å². The van der Waals surface area contributed by atoms with Crippen molar-refractivity contribution in [3.8, 4) is 0 Å². The topological polar surface area (TPSA) is 76.0 Å². The molecule has 0 atom stereocenters. The van der Waals surface area contributed by atoms with Crippen LogP contribution in [0.2, 0.25) is 0 Å². The van der Waals surface area contributed by atoms with Crippen molar-refractivity contribution in [2.24, 2.45) is 13.0 Å². The van der Waals surface area contributed by atoms with E-state index in [-0.39, 0.29) is 12.5 Å². The number of nitrogens with one attached hydrogen (secondary N) is 2. The zero-order chi connectivity index (χ0) is 20.5. The Morgan fingerprint density at radius 3 is 2.15 bits per heavy atom. The zero-order valence-corrected chi connectivity index (χ0v) is 13.7. The van der Waals surface area contributed by atoms with Gasteiger partial charge in [0, 0.05) is 13.6 Å². The molecule has 0 spiro atoms. The molecule has 0 saturated heterocycles. The number of aromatic nitrogens is 2. The first-order valence-corrected chi connectivity index (χ1v) is 7.07. The van der Waals surface area contributed by atoms with Crippen LogP contribution in [0.5, 0.6) is 0 Å². The van der Waals surface area contributed by atoms with Crippen molar-refractivity contribution in [1.82, 2.24) is 15.1 Å². The average Bonchev–Trinajstić information content (AvgIpc) is 2.84. The number of carbonyl (C=O) groups is 2. The van der Waals surface area contributed by atoms with E-state index in [9.17, 15) is 40.3 Å². The summed E-state index contributed by atoms with van der Waals surface area (Å²) < 4.78 is 89.7. The first kappa shape index (κ1) is 21.7. The van der Waals surface area contributed by atoms with Crippen LogP contribution in [0.4, 0.5) is 36.4 Å². The normalized spacial score (nSPS) is 13.0. The largest absolute Gasteiger partial charge is 0.460 e. The summed E-state index contributed by atoms with van der Waals surface area (Å²) in [5.41, 5.74) is -1.23. The Morgan fingerprint density at radius 1 is 1.15 bits per heavy atom. The molecule has 0 fully saturated rings. The predicted molar refractivity (Wildman–Crippen MR) is 75.0 cm³/mol. The molecule has 26 heavy (non-hydrogen) atoms. The van der Waals surface area contributed by atoms with Crippen molar-refractivity contribution in [2.75, 3.05) is 11.9 Å². The second kappa shape index (κ2) is 7.11. The fourth-order valence-corrected chi connectivity index (χ4v) is 1.70. The van der Waals surface area contributed by atoms with E-state index in [0.29, 0.717) is 6.20 Å². The fraction of sp³-hybridized carbons (Fsp3) is 0.615. The number of aryl methyl sites for hydroxylation is 1. The van der Waals surface area contributed by atoms with Gasteiger partial charge >= 0.3 is 23.9 Å². The lowest BCUT2D eigenvalue weighted by molar-refractivity contribution is -0.343. The van der Waals surface area contributed by atoms with Gasteiger partial charge in [0.2, 0.25) is 0 Å². The molecule has 0 saturated carbocycles. The molecule has 1 heterocycles.